The summed E-state index contributed by atoms with van der Waals surface area (Å²) in [5.74, 6) is -0.504. The molecule has 0 aliphatic rings. The van der Waals surface area contributed by atoms with Gasteiger partial charge in [0.05, 0.1) is 12.3 Å². The summed E-state index contributed by atoms with van der Waals surface area (Å²) in [5, 5.41) is 22.2. The van der Waals surface area contributed by atoms with Crippen LogP contribution in [0.3, 0.4) is 0 Å². The topological polar surface area (TPSA) is 75.3 Å². The van der Waals surface area contributed by atoms with Crippen molar-refractivity contribution in [3.8, 4) is 0 Å². The van der Waals surface area contributed by atoms with E-state index in [1.165, 1.54) is 16.4 Å². The molecular weight excluding hydrogens is 204 g/mol. The molecule has 1 aromatic rings. The largest absolute Gasteiger partial charge is 0.478 e. The summed E-state index contributed by atoms with van der Waals surface area (Å²) in [6, 6.07) is 0. The first-order valence-corrected chi connectivity index (χ1v) is 5.07. The van der Waals surface area contributed by atoms with Crippen molar-refractivity contribution >= 4 is 17.7 Å². The van der Waals surface area contributed by atoms with Crippen LogP contribution < -0.4 is 0 Å². The molecule has 2 N–H and O–H groups in total. The van der Waals surface area contributed by atoms with Crippen LogP contribution in [-0.4, -0.2) is 38.3 Å². The molecule has 1 rings (SSSR count). The van der Waals surface area contributed by atoms with Crippen molar-refractivity contribution < 1.29 is 15.0 Å². The number of thioether (sulfide) groups is 1. The standard InChI is InChI=1S/C8H12N2O3S/c1-5-6(8(12)13)7(10(2)9-5)14-4-3-11/h11H,3-4H2,1-2H3,(H,12,13). The number of carbonyl (C=O) groups is 1. The molecular formula is C8H12N2O3S. The van der Waals surface area contributed by atoms with Gasteiger partial charge in [-0.25, -0.2) is 4.79 Å². The highest BCUT2D eigenvalue weighted by Gasteiger charge is 2.19. The molecule has 0 spiro atoms. The van der Waals surface area contributed by atoms with Crippen LogP contribution >= 0.6 is 11.8 Å². The molecule has 0 saturated heterocycles. The Bertz CT molecular complexity index is 349. The summed E-state index contributed by atoms with van der Waals surface area (Å²) in [4.78, 5) is 10.9. The number of aryl methyl sites for hydroxylation is 2. The van der Waals surface area contributed by atoms with E-state index in [2.05, 4.69) is 5.10 Å². The fraction of sp³-hybridized carbons (Fsp3) is 0.500. The predicted octanol–water partition coefficient (Wildman–Crippen LogP) is 0.511. The fourth-order valence-electron chi connectivity index (χ4n) is 1.19. The van der Waals surface area contributed by atoms with E-state index in [4.69, 9.17) is 10.2 Å². The number of hydrogen-bond donors (Lipinski definition) is 2. The minimum absolute atomic E-state index is 0.0218. The molecule has 14 heavy (non-hydrogen) atoms. The van der Waals surface area contributed by atoms with Crippen molar-refractivity contribution in [1.82, 2.24) is 9.78 Å². The van der Waals surface area contributed by atoms with E-state index in [9.17, 15) is 4.79 Å². The Morgan fingerprint density at radius 1 is 1.64 bits per heavy atom. The fourth-order valence-corrected chi connectivity index (χ4v) is 2.08. The van der Waals surface area contributed by atoms with Crippen LogP contribution in [-0.2, 0) is 7.05 Å². The maximum atomic E-state index is 10.9. The normalized spacial score (nSPS) is 10.5. The van der Waals surface area contributed by atoms with Crippen LogP contribution in [0.4, 0.5) is 0 Å². The van der Waals surface area contributed by atoms with Gasteiger partial charge in [-0.15, -0.1) is 11.8 Å². The maximum absolute atomic E-state index is 10.9. The molecule has 78 valence electrons. The zero-order valence-electron chi connectivity index (χ0n) is 8.02. The molecule has 5 nitrogen and oxygen atoms in total. The minimum Gasteiger partial charge on any atom is -0.478 e. The third-order valence-corrected chi connectivity index (χ3v) is 2.84. The Labute approximate surface area is 85.7 Å². The van der Waals surface area contributed by atoms with Gasteiger partial charge in [-0.1, -0.05) is 0 Å². The SMILES string of the molecule is Cc1nn(C)c(SCCO)c1C(=O)O. The van der Waals surface area contributed by atoms with E-state index >= 15 is 0 Å². The highest BCUT2D eigenvalue weighted by molar-refractivity contribution is 7.99. The second-order valence-corrected chi connectivity index (χ2v) is 3.85. The van der Waals surface area contributed by atoms with Gasteiger partial charge in [0, 0.05) is 12.8 Å². The molecule has 1 heterocycles. The van der Waals surface area contributed by atoms with Gasteiger partial charge in [0.2, 0.25) is 0 Å². The van der Waals surface area contributed by atoms with Crippen molar-refractivity contribution in [1.29, 1.82) is 0 Å². The number of hydrogen-bond acceptors (Lipinski definition) is 4. The third kappa shape index (κ3) is 2.08. The average Bonchev–Trinajstić information content (AvgIpc) is 2.37. The number of carboxylic acids is 1. The van der Waals surface area contributed by atoms with Crippen LogP contribution in [0.15, 0.2) is 5.03 Å². The van der Waals surface area contributed by atoms with Gasteiger partial charge in [-0.05, 0) is 6.92 Å². The molecule has 0 aliphatic heterocycles. The van der Waals surface area contributed by atoms with Gasteiger partial charge < -0.3 is 10.2 Å². The quantitative estimate of drug-likeness (QED) is 0.717. The summed E-state index contributed by atoms with van der Waals surface area (Å²) in [6.07, 6.45) is 0. The second-order valence-electron chi connectivity index (χ2n) is 2.77. The molecule has 0 bridgehead atoms. The van der Waals surface area contributed by atoms with Crippen LogP contribution in [0.5, 0.6) is 0 Å². The number of rotatable bonds is 4. The number of carboxylic acid groups (broad SMARTS) is 1. The summed E-state index contributed by atoms with van der Waals surface area (Å²) < 4.78 is 1.53. The highest BCUT2D eigenvalue weighted by atomic mass is 32.2. The smallest absolute Gasteiger partial charge is 0.340 e. The van der Waals surface area contributed by atoms with Gasteiger partial charge in [0.15, 0.2) is 0 Å². The Morgan fingerprint density at radius 3 is 2.79 bits per heavy atom. The number of nitrogens with zero attached hydrogens (tertiary/aromatic N) is 2. The monoisotopic (exact) mass is 216 g/mol. The number of aliphatic hydroxyl groups excluding tert-OH is 1. The van der Waals surface area contributed by atoms with E-state index in [1.807, 2.05) is 0 Å². The van der Waals surface area contributed by atoms with E-state index in [0.29, 0.717) is 16.5 Å². The number of aromatic carboxylic acids is 1. The van der Waals surface area contributed by atoms with Crippen molar-refractivity contribution in [2.75, 3.05) is 12.4 Å². The van der Waals surface area contributed by atoms with Crippen molar-refractivity contribution in [3.63, 3.8) is 0 Å². The molecule has 6 heteroatoms. The van der Waals surface area contributed by atoms with E-state index in [0.717, 1.165) is 0 Å². The minimum atomic E-state index is -0.976. The lowest BCUT2D eigenvalue weighted by Crippen LogP contribution is -2.01. The molecule has 0 radical (unpaired) electrons. The Morgan fingerprint density at radius 2 is 2.29 bits per heavy atom. The molecule has 0 amide bonds. The summed E-state index contributed by atoms with van der Waals surface area (Å²) in [6.45, 7) is 1.68. The van der Waals surface area contributed by atoms with Gasteiger partial charge in [-0.3, -0.25) is 4.68 Å². The summed E-state index contributed by atoms with van der Waals surface area (Å²) in [5.41, 5.74) is 0.728. The molecule has 0 atom stereocenters. The van der Waals surface area contributed by atoms with E-state index in [-0.39, 0.29) is 12.2 Å². The molecule has 0 unspecified atom stereocenters. The molecule has 0 fully saturated rings. The van der Waals surface area contributed by atoms with Crippen molar-refractivity contribution in [2.24, 2.45) is 7.05 Å². The highest BCUT2D eigenvalue weighted by Crippen LogP contribution is 2.24. The van der Waals surface area contributed by atoms with Gasteiger partial charge in [0.1, 0.15) is 10.6 Å². The molecule has 0 aliphatic carbocycles. The van der Waals surface area contributed by atoms with Crippen LogP contribution in [0.25, 0.3) is 0 Å². The first-order valence-electron chi connectivity index (χ1n) is 4.08. The Balaban J connectivity index is 3.05. The molecule has 0 saturated carbocycles. The molecule has 1 aromatic heterocycles. The first kappa shape index (κ1) is 11.1. The van der Waals surface area contributed by atoms with E-state index in [1.54, 1.807) is 14.0 Å². The van der Waals surface area contributed by atoms with Crippen LogP contribution in [0.2, 0.25) is 0 Å². The zero-order chi connectivity index (χ0) is 10.7. The van der Waals surface area contributed by atoms with Gasteiger partial charge >= 0.3 is 5.97 Å². The lowest BCUT2D eigenvalue weighted by Gasteiger charge is -2.01. The van der Waals surface area contributed by atoms with Crippen LogP contribution in [0, 0.1) is 6.92 Å². The number of aromatic nitrogens is 2. The third-order valence-electron chi connectivity index (χ3n) is 1.71. The lowest BCUT2D eigenvalue weighted by atomic mass is 10.3. The average molecular weight is 216 g/mol. The second kappa shape index (κ2) is 4.47. The summed E-state index contributed by atoms with van der Waals surface area (Å²) in [7, 11) is 1.69. The van der Waals surface area contributed by atoms with Crippen molar-refractivity contribution in [2.45, 2.75) is 11.9 Å². The maximum Gasteiger partial charge on any atom is 0.340 e. The van der Waals surface area contributed by atoms with Crippen LogP contribution in [0.1, 0.15) is 16.1 Å². The number of aliphatic hydroxyl groups is 1. The Hall–Kier alpha value is -1.01. The van der Waals surface area contributed by atoms with Crippen molar-refractivity contribution in [3.05, 3.63) is 11.3 Å². The first-order chi connectivity index (χ1) is 6.57. The summed E-state index contributed by atoms with van der Waals surface area (Å²) >= 11 is 1.29. The molecule has 0 aromatic carbocycles. The Kier molecular flexibility index (Phi) is 3.54. The van der Waals surface area contributed by atoms with Gasteiger partial charge in [0.25, 0.3) is 0 Å². The van der Waals surface area contributed by atoms with Gasteiger partial charge in [-0.2, -0.15) is 5.10 Å². The van der Waals surface area contributed by atoms with E-state index < -0.39 is 5.97 Å². The predicted molar refractivity (Wildman–Crippen MR) is 52.7 cm³/mol. The lowest BCUT2D eigenvalue weighted by molar-refractivity contribution is 0.0692. The zero-order valence-corrected chi connectivity index (χ0v) is 8.84.